The molecule has 2 N–H and O–H groups in total. The molecule has 17 heavy (non-hydrogen) atoms. The Balaban J connectivity index is 1.57. The molecule has 1 heterocycles. The molecule has 3 atom stereocenters. The average Bonchev–Trinajstić information content (AvgIpc) is 2.75. The zero-order chi connectivity index (χ0) is 11.8. The molecule has 0 bridgehead atoms. The van der Waals surface area contributed by atoms with Gasteiger partial charge in [-0.05, 0) is 43.4 Å². The molecule has 1 aromatic carbocycles. The van der Waals surface area contributed by atoms with Gasteiger partial charge in [0.05, 0.1) is 0 Å². The highest BCUT2D eigenvalue weighted by Crippen LogP contribution is 2.36. The average molecular weight is 230 g/mol. The molecule has 0 spiro atoms. The molecular formula is C15H22N2. The monoisotopic (exact) mass is 230 g/mol. The van der Waals surface area contributed by atoms with Crippen LogP contribution in [0.15, 0.2) is 24.3 Å². The van der Waals surface area contributed by atoms with Crippen LogP contribution in [0, 0.1) is 5.92 Å². The number of nitrogens with zero attached hydrogens (tertiary/aromatic N) is 1. The standard InChI is InChI=1S/C15H22N2/c1-11(16)13-6-7-17(9-13)10-14-8-12-4-2-3-5-15(12)14/h2-5,11,13-14H,6-10,16H2,1H3. The highest BCUT2D eigenvalue weighted by atomic mass is 15.2. The third-order valence-electron chi connectivity index (χ3n) is 4.49. The van der Waals surface area contributed by atoms with Crippen LogP contribution in [-0.4, -0.2) is 30.6 Å². The second kappa shape index (κ2) is 4.43. The van der Waals surface area contributed by atoms with Gasteiger partial charge in [0, 0.05) is 25.0 Å². The van der Waals surface area contributed by atoms with Crippen LogP contribution in [0.3, 0.4) is 0 Å². The SMILES string of the molecule is CC(N)C1CCN(CC2Cc3ccccc32)C1. The highest BCUT2D eigenvalue weighted by Gasteiger charge is 2.31. The molecule has 1 aliphatic heterocycles. The fraction of sp³-hybridized carbons (Fsp3) is 0.600. The first-order valence-corrected chi connectivity index (χ1v) is 6.80. The van der Waals surface area contributed by atoms with Crippen LogP contribution in [0.5, 0.6) is 0 Å². The van der Waals surface area contributed by atoms with Crippen LogP contribution in [0.2, 0.25) is 0 Å². The summed E-state index contributed by atoms with van der Waals surface area (Å²) in [5.41, 5.74) is 9.12. The molecule has 0 amide bonds. The molecule has 1 aliphatic carbocycles. The van der Waals surface area contributed by atoms with E-state index < -0.39 is 0 Å². The molecule has 3 unspecified atom stereocenters. The number of nitrogens with two attached hydrogens (primary N) is 1. The Kier molecular flexibility index (Phi) is 2.93. The van der Waals surface area contributed by atoms with Gasteiger partial charge >= 0.3 is 0 Å². The summed E-state index contributed by atoms with van der Waals surface area (Å²) in [5, 5.41) is 0. The van der Waals surface area contributed by atoms with Crippen molar-refractivity contribution in [3.63, 3.8) is 0 Å². The van der Waals surface area contributed by atoms with Crippen molar-refractivity contribution < 1.29 is 0 Å². The number of benzene rings is 1. The minimum absolute atomic E-state index is 0.355. The van der Waals surface area contributed by atoms with E-state index in [2.05, 4.69) is 36.1 Å². The quantitative estimate of drug-likeness (QED) is 0.860. The first kappa shape index (κ1) is 11.2. The smallest absolute Gasteiger partial charge is 0.00537 e. The van der Waals surface area contributed by atoms with E-state index in [1.54, 1.807) is 11.1 Å². The van der Waals surface area contributed by atoms with E-state index in [9.17, 15) is 0 Å². The van der Waals surface area contributed by atoms with Gasteiger partial charge in [-0.15, -0.1) is 0 Å². The van der Waals surface area contributed by atoms with Crippen molar-refractivity contribution in [3.8, 4) is 0 Å². The van der Waals surface area contributed by atoms with Crippen molar-refractivity contribution >= 4 is 0 Å². The Bertz CT molecular complexity index is 400. The molecular weight excluding hydrogens is 208 g/mol. The minimum atomic E-state index is 0.355. The molecule has 3 rings (SSSR count). The van der Waals surface area contributed by atoms with Crippen LogP contribution in [-0.2, 0) is 6.42 Å². The van der Waals surface area contributed by atoms with Crippen molar-refractivity contribution in [2.24, 2.45) is 11.7 Å². The maximum atomic E-state index is 5.99. The van der Waals surface area contributed by atoms with E-state index in [0.29, 0.717) is 12.0 Å². The van der Waals surface area contributed by atoms with Crippen LogP contribution < -0.4 is 5.73 Å². The summed E-state index contributed by atoms with van der Waals surface area (Å²) in [4.78, 5) is 2.61. The zero-order valence-electron chi connectivity index (χ0n) is 10.6. The number of fused-ring (bicyclic) bond motifs is 1. The van der Waals surface area contributed by atoms with Gasteiger partial charge in [-0.25, -0.2) is 0 Å². The van der Waals surface area contributed by atoms with Crippen LogP contribution in [0.4, 0.5) is 0 Å². The van der Waals surface area contributed by atoms with E-state index in [1.807, 2.05) is 0 Å². The van der Waals surface area contributed by atoms with Crippen LogP contribution in [0.1, 0.15) is 30.4 Å². The summed E-state index contributed by atoms with van der Waals surface area (Å²) in [6.45, 7) is 5.83. The fourth-order valence-electron chi connectivity index (χ4n) is 3.29. The number of rotatable bonds is 3. The Labute approximate surface area is 104 Å². The van der Waals surface area contributed by atoms with Crippen LogP contribution >= 0.6 is 0 Å². The fourth-order valence-corrected chi connectivity index (χ4v) is 3.29. The molecule has 0 aromatic heterocycles. The molecule has 0 radical (unpaired) electrons. The Hall–Kier alpha value is -0.860. The van der Waals surface area contributed by atoms with E-state index in [1.165, 1.54) is 32.5 Å². The summed E-state index contributed by atoms with van der Waals surface area (Å²) in [6.07, 6.45) is 2.56. The predicted octanol–water partition coefficient (Wildman–Crippen LogP) is 2.00. The lowest BCUT2D eigenvalue weighted by atomic mass is 9.77. The van der Waals surface area contributed by atoms with Gasteiger partial charge < -0.3 is 10.6 Å². The highest BCUT2D eigenvalue weighted by molar-refractivity contribution is 5.40. The molecule has 2 heteroatoms. The summed E-state index contributed by atoms with van der Waals surface area (Å²) >= 11 is 0. The lowest BCUT2D eigenvalue weighted by molar-refractivity contribution is 0.285. The van der Waals surface area contributed by atoms with Gasteiger partial charge in [-0.3, -0.25) is 0 Å². The van der Waals surface area contributed by atoms with Crippen molar-refractivity contribution in [2.45, 2.75) is 31.7 Å². The minimum Gasteiger partial charge on any atom is -0.328 e. The van der Waals surface area contributed by atoms with Crippen molar-refractivity contribution in [2.75, 3.05) is 19.6 Å². The Morgan fingerprint density at radius 3 is 2.94 bits per heavy atom. The molecule has 2 aliphatic rings. The second-order valence-electron chi connectivity index (χ2n) is 5.77. The van der Waals surface area contributed by atoms with Crippen LogP contribution in [0.25, 0.3) is 0 Å². The Morgan fingerprint density at radius 1 is 1.41 bits per heavy atom. The summed E-state index contributed by atoms with van der Waals surface area (Å²) in [5.74, 6) is 1.49. The van der Waals surface area contributed by atoms with Gasteiger partial charge in [0.25, 0.3) is 0 Å². The summed E-state index contributed by atoms with van der Waals surface area (Å²) in [7, 11) is 0. The molecule has 1 fully saturated rings. The molecule has 1 aromatic rings. The number of likely N-dealkylation sites (tertiary alicyclic amines) is 1. The van der Waals surface area contributed by atoms with E-state index in [4.69, 9.17) is 5.73 Å². The van der Waals surface area contributed by atoms with E-state index in [-0.39, 0.29) is 0 Å². The zero-order valence-corrected chi connectivity index (χ0v) is 10.6. The lowest BCUT2D eigenvalue weighted by Gasteiger charge is -2.33. The lowest BCUT2D eigenvalue weighted by Crippen LogP contribution is -2.34. The van der Waals surface area contributed by atoms with Gasteiger partial charge in [0.15, 0.2) is 0 Å². The largest absolute Gasteiger partial charge is 0.328 e. The van der Waals surface area contributed by atoms with E-state index in [0.717, 1.165) is 5.92 Å². The second-order valence-corrected chi connectivity index (χ2v) is 5.77. The summed E-state index contributed by atoms with van der Waals surface area (Å²) < 4.78 is 0. The maximum Gasteiger partial charge on any atom is 0.00537 e. The van der Waals surface area contributed by atoms with E-state index >= 15 is 0 Å². The normalized spacial score (nSPS) is 29.8. The van der Waals surface area contributed by atoms with Crippen molar-refractivity contribution in [1.29, 1.82) is 0 Å². The van der Waals surface area contributed by atoms with Gasteiger partial charge in [-0.2, -0.15) is 0 Å². The third-order valence-corrected chi connectivity index (χ3v) is 4.49. The molecule has 92 valence electrons. The first-order valence-electron chi connectivity index (χ1n) is 6.80. The number of hydrogen-bond donors (Lipinski definition) is 1. The topological polar surface area (TPSA) is 29.3 Å². The van der Waals surface area contributed by atoms with Crippen molar-refractivity contribution in [3.05, 3.63) is 35.4 Å². The van der Waals surface area contributed by atoms with Gasteiger partial charge in [-0.1, -0.05) is 24.3 Å². The third kappa shape index (κ3) is 2.12. The Morgan fingerprint density at radius 2 is 2.24 bits per heavy atom. The summed E-state index contributed by atoms with van der Waals surface area (Å²) in [6, 6.07) is 9.23. The predicted molar refractivity (Wildman–Crippen MR) is 71.1 cm³/mol. The molecule has 2 nitrogen and oxygen atoms in total. The van der Waals surface area contributed by atoms with Crippen molar-refractivity contribution in [1.82, 2.24) is 4.90 Å². The maximum absolute atomic E-state index is 5.99. The first-order chi connectivity index (χ1) is 8.24. The number of hydrogen-bond acceptors (Lipinski definition) is 2. The van der Waals surface area contributed by atoms with Gasteiger partial charge in [0.2, 0.25) is 0 Å². The van der Waals surface area contributed by atoms with Gasteiger partial charge in [0.1, 0.15) is 0 Å². The molecule has 0 saturated carbocycles. The molecule has 1 saturated heterocycles.